The summed E-state index contributed by atoms with van der Waals surface area (Å²) in [6.07, 6.45) is 4.94. The van der Waals surface area contributed by atoms with Crippen LogP contribution in [0.1, 0.15) is 58.9 Å². The number of ether oxygens (including phenoxy) is 3. The van der Waals surface area contributed by atoms with Crippen LogP contribution in [0.15, 0.2) is 30.5 Å². The number of morpholine rings is 1. The first-order valence-corrected chi connectivity index (χ1v) is 14.3. The predicted molar refractivity (Wildman–Crippen MR) is 148 cm³/mol. The lowest BCUT2D eigenvalue weighted by Gasteiger charge is -2.44. The summed E-state index contributed by atoms with van der Waals surface area (Å²) in [6, 6.07) is 7.92. The molecule has 210 valence electrons. The first-order valence-electron chi connectivity index (χ1n) is 14.3. The number of hydrogen-bond donors (Lipinski definition) is 1. The van der Waals surface area contributed by atoms with E-state index in [1.165, 1.54) is 12.3 Å². The number of benzene rings is 1. The van der Waals surface area contributed by atoms with E-state index in [-0.39, 0.29) is 54.9 Å². The van der Waals surface area contributed by atoms with Crippen molar-refractivity contribution in [2.75, 3.05) is 28.3 Å². The van der Waals surface area contributed by atoms with Gasteiger partial charge in [-0.25, -0.2) is 9.37 Å². The average Bonchev–Trinajstić information content (AvgIpc) is 3.20. The van der Waals surface area contributed by atoms with Crippen molar-refractivity contribution in [1.82, 2.24) is 4.98 Å². The van der Waals surface area contributed by atoms with Crippen molar-refractivity contribution in [2.45, 2.75) is 96.4 Å². The number of nitrogens with one attached hydrogen (secondary N) is 1. The van der Waals surface area contributed by atoms with Crippen LogP contribution in [-0.4, -0.2) is 60.6 Å². The van der Waals surface area contributed by atoms with Crippen molar-refractivity contribution >= 4 is 28.8 Å². The largest absolute Gasteiger partial charge is 0.376 e. The van der Waals surface area contributed by atoms with Crippen LogP contribution in [0.25, 0.3) is 0 Å². The summed E-state index contributed by atoms with van der Waals surface area (Å²) in [4.78, 5) is 22.7. The molecule has 3 aliphatic heterocycles. The summed E-state index contributed by atoms with van der Waals surface area (Å²) in [5, 5.41) is 3.38. The zero-order valence-corrected chi connectivity index (χ0v) is 23.2. The van der Waals surface area contributed by atoms with E-state index in [1.54, 1.807) is 0 Å². The summed E-state index contributed by atoms with van der Waals surface area (Å²) in [7, 11) is 0. The molecule has 8 nitrogen and oxygen atoms in total. The third kappa shape index (κ3) is 5.12. The molecule has 0 radical (unpaired) electrons. The Bertz CT molecular complexity index is 1220. The molecule has 39 heavy (non-hydrogen) atoms. The standard InChI is InChI=1S/C30H39FN4O4/c1-17(2)39-24-8-5-20(6-9-24)30(36)34-14-21-11-22(31)13-32-29(21)33-25-10-7-23(12-26(25)34)35-18(3)15-38-28-19(4)37-16-27(28)35/h7,10-13,17-20,24,27-28H,5-6,8-9,14-16H2,1-4H3,(H,32,33)/t18-,19+,20?,24?,27+,28-/m0/s1. The Morgan fingerprint density at radius 1 is 1.13 bits per heavy atom. The molecule has 1 saturated carbocycles. The van der Waals surface area contributed by atoms with Crippen molar-refractivity contribution < 1.29 is 23.4 Å². The van der Waals surface area contributed by atoms with Crippen LogP contribution in [0, 0.1) is 11.7 Å². The highest BCUT2D eigenvalue weighted by atomic mass is 19.1. The van der Waals surface area contributed by atoms with Gasteiger partial charge in [0.2, 0.25) is 5.91 Å². The summed E-state index contributed by atoms with van der Waals surface area (Å²) in [5.74, 6) is 0.130. The van der Waals surface area contributed by atoms with Gasteiger partial charge in [0.05, 0.1) is 67.7 Å². The van der Waals surface area contributed by atoms with E-state index in [9.17, 15) is 9.18 Å². The minimum Gasteiger partial charge on any atom is -0.376 e. The number of carbonyl (C=O) groups excluding carboxylic acids is 1. The summed E-state index contributed by atoms with van der Waals surface area (Å²) in [6.45, 7) is 9.80. The number of rotatable bonds is 4. The number of fused-ring (bicyclic) bond motifs is 3. The number of pyridine rings is 1. The summed E-state index contributed by atoms with van der Waals surface area (Å²) >= 11 is 0. The van der Waals surface area contributed by atoms with Crippen molar-refractivity contribution in [3.05, 3.63) is 41.8 Å². The molecule has 4 heterocycles. The number of aromatic nitrogens is 1. The van der Waals surface area contributed by atoms with E-state index in [4.69, 9.17) is 14.2 Å². The smallest absolute Gasteiger partial charge is 0.230 e. The molecule has 2 saturated heterocycles. The van der Waals surface area contributed by atoms with Crippen LogP contribution in [0.5, 0.6) is 0 Å². The second-order valence-electron chi connectivity index (χ2n) is 11.7. The van der Waals surface area contributed by atoms with Crippen LogP contribution < -0.4 is 15.1 Å². The Morgan fingerprint density at radius 2 is 1.92 bits per heavy atom. The molecule has 2 aromatic rings. The fourth-order valence-corrected chi connectivity index (χ4v) is 6.70. The van der Waals surface area contributed by atoms with Crippen molar-refractivity contribution in [1.29, 1.82) is 0 Å². The van der Waals surface area contributed by atoms with Crippen LogP contribution in [0.3, 0.4) is 0 Å². The van der Waals surface area contributed by atoms with Gasteiger partial charge in [0.1, 0.15) is 17.7 Å². The van der Waals surface area contributed by atoms with Gasteiger partial charge in [-0.2, -0.15) is 0 Å². The molecule has 1 aliphatic carbocycles. The van der Waals surface area contributed by atoms with Gasteiger partial charge in [0.15, 0.2) is 0 Å². The van der Waals surface area contributed by atoms with Gasteiger partial charge in [-0.15, -0.1) is 0 Å². The Hall–Kier alpha value is -2.75. The molecular formula is C30H39FN4O4. The number of nitrogens with zero attached hydrogens (tertiary/aromatic N) is 3. The summed E-state index contributed by atoms with van der Waals surface area (Å²) < 4.78 is 32.4. The fourth-order valence-electron chi connectivity index (χ4n) is 6.70. The number of carbonyl (C=O) groups is 1. The minimum absolute atomic E-state index is 0.00976. The fraction of sp³-hybridized carbons (Fsp3) is 0.600. The number of amides is 1. The molecule has 1 aromatic heterocycles. The van der Waals surface area contributed by atoms with Gasteiger partial charge in [-0.1, -0.05) is 0 Å². The van der Waals surface area contributed by atoms with Crippen LogP contribution >= 0.6 is 0 Å². The van der Waals surface area contributed by atoms with Gasteiger partial charge in [0.25, 0.3) is 0 Å². The van der Waals surface area contributed by atoms with Crippen molar-refractivity contribution in [2.24, 2.45) is 5.92 Å². The summed E-state index contributed by atoms with van der Waals surface area (Å²) in [5.41, 5.74) is 3.26. The second kappa shape index (κ2) is 10.7. The predicted octanol–water partition coefficient (Wildman–Crippen LogP) is 5.18. The first-order chi connectivity index (χ1) is 18.8. The first kappa shape index (κ1) is 26.5. The average molecular weight is 539 g/mol. The molecule has 6 rings (SSSR count). The third-order valence-electron chi connectivity index (χ3n) is 8.57. The SMILES string of the molecule is CC(C)OC1CCC(C(=O)N2Cc3cc(F)cnc3Nc3ccc(N4[C@@H]5CO[C@H](C)[C@@H]5OC[C@@H]4C)cc32)CC1. The van der Waals surface area contributed by atoms with Gasteiger partial charge < -0.3 is 29.3 Å². The maximum absolute atomic E-state index is 14.3. The molecular weight excluding hydrogens is 499 g/mol. The van der Waals surface area contributed by atoms with Crippen molar-refractivity contribution in [3.63, 3.8) is 0 Å². The zero-order valence-electron chi connectivity index (χ0n) is 23.2. The van der Waals surface area contributed by atoms with Crippen LogP contribution in [0.2, 0.25) is 0 Å². The lowest BCUT2D eigenvalue weighted by atomic mass is 9.86. The van der Waals surface area contributed by atoms with E-state index < -0.39 is 5.82 Å². The Morgan fingerprint density at radius 3 is 2.69 bits per heavy atom. The van der Waals surface area contributed by atoms with Gasteiger partial charge in [-0.05, 0) is 77.6 Å². The molecule has 3 fully saturated rings. The van der Waals surface area contributed by atoms with E-state index >= 15 is 0 Å². The van der Waals surface area contributed by atoms with E-state index in [0.29, 0.717) is 24.6 Å². The zero-order chi connectivity index (χ0) is 27.3. The molecule has 1 amide bonds. The van der Waals surface area contributed by atoms with Crippen molar-refractivity contribution in [3.8, 4) is 0 Å². The molecule has 9 heteroatoms. The maximum Gasteiger partial charge on any atom is 0.230 e. The number of halogens is 1. The monoisotopic (exact) mass is 538 g/mol. The normalized spacial score (nSPS) is 30.3. The highest BCUT2D eigenvalue weighted by Crippen LogP contribution is 2.42. The highest BCUT2D eigenvalue weighted by Gasteiger charge is 2.45. The molecule has 0 unspecified atom stereocenters. The molecule has 1 N–H and O–H groups in total. The molecule has 0 spiro atoms. The maximum atomic E-state index is 14.3. The lowest BCUT2D eigenvalue weighted by molar-refractivity contribution is -0.124. The second-order valence-corrected chi connectivity index (χ2v) is 11.7. The minimum atomic E-state index is -0.413. The van der Waals surface area contributed by atoms with E-state index in [1.807, 2.05) is 11.0 Å². The third-order valence-corrected chi connectivity index (χ3v) is 8.57. The molecule has 0 bridgehead atoms. The Kier molecular flexibility index (Phi) is 7.24. The highest BCUT2D eigenvalue weighted by molar-refractivity contribution is 6.00. The van der Waals surface area contributed by atoms with Gasteiger partial charge in [-0.3, -0.25) is 4.79 Å². The molecule has 4 atom stereocenters. The van der Waals surface area contributed by atoms with E-state index in [2.05, 4.69) is 55.0 Å². The van der Waals surface area contributed by atoms with Crippen LogP contribution in [0.4, 0.5) is 27.3 Å². The number of hydrogen-bond acceptors (Lipinski definition) is 7. The quantitative estimate of drug-likeness (QED) is 0.575. The van der Waals surface area contributed by atoms with Gasteiger partial charge >= 0.3 is 0 Å². The Labute approximate surface area is 229 Å². The molecule has 1 aromatic carbocycles. The Balaban J connectivity index is 1.34. The number of anilines is 4. The topological polar surface area (TPSA) is 76.2 Å². The van der Waals surface area contributed by atoms with E-state index in [0.717, 1.165) is 42.7 Å². The molecule has 4 aliphatic rings. The van der Waals surface area contributed by atoms with Gasteiger partial charge in [0, 0.05) is 17.2 Å². The van der Waals surface area contributed by atoms with Crippen LogP contribution in [-0.2, 0) is 25.5 Å². The lowest BCUT2D eigenvalue weighted by Crippen LogP contribution is -2.56.